The molecule has 4 aliphatic rings. The van der Waals surface area contributed by atoms with E-state index in [0.717, 1.165) is 7.25 Å². The molecule has 266 valence electrons. The molecule has 3 heteroatoms. The van der Waals surface area contributed by atoms with Gasteiger partial charge in [-0.25, -0.2) is 0 Å². The van der Waals surface area contributed by atoms with E-state index in [1.165, 1.54) is 71.9 Å². The Morgan fingerprint density at radius 1 is 0.529 bits per heavy atom. The second-order valence-electron chi connectivity index (χ2n) is 17.8. The second-order valence-corrected chi connectivity index (χ2v) is 29.2. The van der Waals surface area contributed by atoms with Crippen LogP contribution < -0.4 is 24.8 Å². The molecule has 0 N–H and O–H groups in total. The molecule has 1 saturated carbocycles. The molecular formula is C48H56Cl2Zr. The van der Waals surface area contributed by atoms with Crippen LogP contribution in [0.2, 0.25) is 7.25 Å². The molecule has 1 aliphatic heterocycles. The molecule has 4 atom stereocenters. The maximum atomic E-state index is 2.69. The topological polar surface area (TPSA) is 0 Å². The van der Waals surface area contributed by atoms with Crippen molar-refractivity contribution in [2.45, 2.75) is 119 Å². The summed E-state index contributed by atoms with van der Waals surface area (Å²) >= 11 is -3.01. The minimum atomic E-state index is -3.01. The van der Waals surface area contributed by atoms with E-state index in [-0.39, 0.29) is 35.6 Å². The maximum Gasteiger partial charge on any atom is -1.00 e. The fourth-order valence-corrected chi connectivity index (χ4v) is 34.2. The number of halogens is 2. The Morgan fingerprint density at radius 3 is 1.24 bits per heavy atom. The molecule has 4 aromatic carbocycles. The Balaban J connectivity index is 0.00000224. The Hall–Kier alpha value is -2.18. The van der Waals surface area contributed by atoms with Gasteiger partial charge in [0.05, 0.1) is 0 Å². The Labute approximate surface area is 325 Å². The third-order valence-corrected chi connectivity index (χ3v) is 30.2. The van der Waals surface area contributed by atoms with Crippen LogP contribution in [0, 0.1) is 0 Å². The first-order valence-electron chi connectivity index (χ1n) is 19.4. The van der Waals surface area contributed by atoms with Crippen molar-refractivity contribution in [3.8, 4) is 22.3 Å². The van der Waals surface area contributed by atoms with E-state index < -0.39 is 20.3 Å². The van der Waals surface area contributed by atoms with Gasteiger partial charge in [-0.1, -0.05) is 0 Å². The van der Waals surface area contributed by atoms with Crippen molar-refractivity contribution in [1.29, 1.82) is 0 Å². The van der Waals surface area contributed by atoms with Gasteiger partial charge in [-0.05, 0) is 0 Å². The average Bonchev–Trinajstić information content (AvgIpc) is 3.37. The zero-order valence-electron chi connectivity index (χ0n) is 32.0. The molecule has 0 aromatic heterocycles. The first kappa shape index (κ1) is 38.5. The van der Waals surface area contributed by atoms with E-state index in [9.17, 15) is 0 Å². The van der Waals surface area contributed by atoms with Crippen molar-refractivity contribution < 1.29 is 45.1 Å². The van der Waals surface area contributed by atoms with Gasteiger partial charge in [0.2, 0.25) is 0 Å². The van der Waals surface area contributed by atoms with Crippen LogP contribution in [0.1, 0.15) is 135 Å². The molecule has 0 nitrogen and oxygen atoms in total. The molecule has 1 heterocycles. The number of fused-ring (bicyclic) bond motifs is 3. The summed E-state index contributed by atoms with van der Waals surface area (Å²) in [6.07, 6.45) is 13.6. The molecule has 3 aliphatic carbocycles. The maximum absolute atomic E-state index is 3.01. The molecule has 2 fully saturated rings. The third-order valence-electron chi connectivity index (χ3n) is 13.2. The third kappa shape index (κ3) is 6.24. The average molecular weight is 795 g/mol. The van der Waals surface area contributed by atoms with Gasteiger partial charge < -0.3 is 24.8 Å². The molecule has 0 radical (unpaired) electrons. The minimum Gasteiger partial charge on any atom is -1.00 e. The van der Waals surface area contributed by atoms with Crippen molar-refractivity contribution in [1.82, 2.24) is 0 Å². The van der Waals surface area contributed by atoms with Gasteiger partial charge >= 0.3 is 303 Å². The monoisotopic (exact) mass is 792 g/mol. The standard InChI is InChI=1S/2C21H23.C6H10.2ClH.Zr/c2*1-5-15-13-17-7-6-8-19(20(17)14-15)16-9-11-18(12-10-16)21(2,3)4;1-2-4-6-5-3-1;;;/h2*6-14H,5H2,1-4H3;1-2H,3-6H2;2*1H;/q;;;;;+2/p-2. The Bertz CT molecular complexity index is 1820. The fourth-order valence-electron chi connectivity index (χ4n) is 10.8. The van der Waals surface area contributed by atoms with Gasteiger partial charge in [-0.3, -0.25) is 0 Å². The molecule has 0 spiro atoms. The Morgan fingerprint density at radius 2 is 0.902 bits per heavy atom. The van der Waals surface area contributed by atoms with Crippen molar-refractivity contribution in [3.63, 3.8) is 0 Å². The number of allylic oxidation sites excluding steroid dienone is 2. The zero-order chi connectivity index (χ0) is 34.3. The Kier molecular flexibility index (Phi) is 10.8. The predicted molar refractivity (Wildman–Crippen MR) is 209 cm³/mol. The van der Waals surface area contributed by atoms with Crippen LogP contribution in [-0.2, 0) is 31.1 Å². The van der Waals surface area contributed by atoms with E-state index in [1.807, 2.05) is 0 Å². The summed E-state index contributed by atoms with van der Waals surface area (Å²) in [5.41, 5.74) is 18.8. The summed E-state index contributed by atoms with van der Waals surface area (Å²) in [6, 6.07) is 33.7. The fraction of sp³-hybridized carbons (Fsp3) is 0.417. The first-order valence-corrected chi connectivity index (χ1v) is 25.0. The van der Waals surface area contributed by atoms with Crippen LogP contribution in [0.5, 0.6) is 0 Å². The SMILES string of the molecule is CCC1=Cc2c(-c3ccc(C(C)(C)C)cc3)cccc2[CH]1[Zr+2]1([CH]2C(CC)=Cc3c(-c4ccc(C(C)(C)C)cc4)cccc32)[CH]2CCCC[CH]21.[Cl-].[Cl-]. The summed E-state index contributed by atoms with van der Waals surface area (Å²) in [5, 5.41) is 0. The van der Waals surface area contributed by atoms with Crippen molar-refractivity contribution in [3.05, 3.63) is 129 Å². The van der Waals surface area contributed by atoms with Gasteiger partial charge in [0.15, 0.2) is 0 Å². The molecule has 1 saturated heterocycles. The van der Waals surface area contributed by atoms with Crippen molar-refractivity contribution in [2.24, 2.45) is 0 Å². The first-order chi connectivity index (χ1) is 23.5. The van der Waals surface area contributed by atoms with Crippen molar-refractivity contribution >= 4 is 12.2 Å². The molecule has 51 heavy (non-hydrogen) atoms. The van der Waals surface area contributed by atoms with Crippen LogP contribution in [0.15, 0.2) is 96.1 Å². The summed E-state index contributed by atoms with van der Waals surface area (Å²) < 4.78 is 3.39. The normalized spacial score (nSPS) is 23.5. The van der Waals surface area contributed by atoms with Gasteiger partial charge in [-0.2, -0.15) is 0 Å². The molecule has 0 amide bonds. The van der Waals surface area contributed by atoms with Crippen LogP contribution in [0.25, 0.3) is 34.4 Å². The number of benzene rings is 4. The number of hydrogen-bond acceptors (Lipinski definition) is 0. The molecule has 4 aromatic rings. The summed E-state index contributed by atoms with van der Waals surface area (Å²) in [4.78, 5) is 0. The number of hydrogen-bond donors (Lipinski definition) is 0. The summed E-state index contributed by atoms with van der Waals surface area (Å²) in [7, 11) is 0. The van der Waals surface area contributed by atoms with Gasteiger partial charge in [0.1, 0.15) is 0 Å². The van der Waals surface area contributed by atoms with Crippen LogP contribution >= 0.6 is 0 Å². The minimum absolute atomic E-state index is 0. The molecule has 8 rings (SSSR count). The van der Waals surface area contributed by atoms with Crippen LogP contribution in [0.3, 0.4) is 0 Å². The predicted octanol–water partition coefficient (Wildman–Crippen LogP) is 8.34. The van der Waals surface area contributed by atoms with Gasteiger partial charge in [0, 0.05) is 0 Å². The number of rotatable bonds is 6. The quantitative estimate of drug-likeness (QED) is 0.184. The molecule has 4 unspecified atom stereocenters. The van der Waals surface area contributed by atoms with Crippen LogP contribution in [-0.4, -0.2) is 0 Å². The van der Waals surface area contributed by atoms with Crippen molar-refractivity contribution in [2.75, 3.05) is 0 Å². The van der Waals surface area contributed by atoms with E-state index in [4.69, 9.17) is 0 Å². The molecule has 0 bridgehead atoms. The van der Waals surface area contributed by atoms with Crippen LogP contribution in [0.4, 0.5) is 0 Å². The van der Waals surface area contributed by atoms with Gasteiger partial charge in [0.25, 0.3) is 0 Å². The second kappa shape index (κ2) is 14.2. The smallest absolute Gasteiger partial charge is 1.00 e. The summed E-state index contributed by atoms with van der Waals surface area (Å²) in [5.74, 6) is 0. The molecular weight excluding hydrogens is 739 g/mol. The van der Waals surface area contributed by atoms with E-state index in [0.29, 0.717) is 7.25 Å². The van der Waals surface area contributed by atoms with Gasteiger partial charge in [-0.15, -0.1) is 0 Å². The largest absolute Gasteiger partial charge is 1.00 e. The van der Waals surface area contributed by atoms with E-state index >= 15 is 0 Å². The zero-order valence-corrected chi connectivity index (χ0v) is 36.0. The van der Waals surface area contributed by atoms with E-state index in [1.54, 1.807) is 33.4 Å². The van der Waals surface area contributed by atoms with E-state index in [2.05, 4.69) is 152 Å². The summed E-state index contributed by atoms with van der Waals surface area (Å²) in [6.45, 7) is 18.8.